The van der Waals surface area contributed by atoms with Gasteiger partial charge in [0.2, 0.25) is 0 Å². The lowest BCUT2D eigenvalue weighted by Crippen LogP contribution is -1.99. The van der Waals surface area contributed by atoms with Crippen LogP contribution in [-0.2, 0) is 0 Å². The third kappa shape index (κ3) is 2.40. The van der Waals surface area contributed by atoms with Crippen molar-refractivity contribution >= 4 is 39.1 Å². The highest BCUT2D eigenvalue weighted by Crippen LogP contribution is 2.30. The lowest BCUT2D eigenvalue weighted by Gasteiger charge is -2.07. The van der Waals surface area contributed by atoms with E-state index in [0.29, 0.717) is 17.0 Å². The van der Waals surface area contributed by atoms with Gasteiger partial charge in [0.1, 0.15) is 23.4 Å². The first-order valence-electron chi connectivity index (χ1n) is 7.34. The van der Waals surface area contributed by atoms with E-state index in [1.807, 2.05) is 30.3 Å². The standard InChI is InChI=1S/C17H10N6O2/c18-8-10-7-11(23(24)25)5-6-13(10)22-17-16-15(19-9-20-17)12-3-1-2-4-14(12)21-16/h1-7,9,21H,(H,19,20,22). The van der Waals surface area contributed by atoms with Gasteiger partial charge in [0.25, 0.3) is 5.69 Å². The number of rotatable bonds is 3. The molecule has 0 aliphatic carbocycles. The van der Waals surface area contributed by atoms with Gasteiger partial charge in [0.05, 0.1) is 16.2 Å². The van der Waals surface area contributed by atoms with Gasteiger partial charge in [-0.3, -0.25) is 10.1 Å². The van der Waals surface area contributed by atoms with Crippen molar-refractivity contribution in [3.05, 3.63) is 64.5 Å². The maximum absolute atomic E-state index is 10.9. The molecule has 8 heteroatoms. The number of para-hydroxylation sites is 1. The lowest BCUT2D eigenvalue weighted by molar-refractivity contribution is -0.384. The summed E-state index contributed by atoms with van der Waals surface area (Å²) < 4.78 is 0. The molecule has 120 valence electrons. The number of hydrogen-bond donors (Lipinski definition) is 2. The van der Waals surface area contributed by atoms with E-state index in [0.717, 1.165) is 16.4 Å². The number of nitriles is 1. The molecule has 0 aliphatic heterocycles. The van der Waals surface area contributed by atoms with Gasteiger partial charge >= 0.3 is 0 Å². The molecule has 0 fully saturated rings. The Bertz CT molecular complexity index is 1170. The van der Waals surface area contributed by atoms with E-state index in [4.69, 9.17) is 0 Å². The second-order valence-corrected chi connectivity index (χ2v) is 5.34. The van der Waals surface area contributed by atoms with Gasteiger partial charge < -0.3 is 10.3 Å². The number of fused-ring (bicyclic) bond motifs is 3. The van der Waals surface area contributed by atoms with Crippen LogP contribution in [0.5, 0.6) is 0 Å². The molecule has 0 saturated carbocycles. The Morgan fingerprint density at radius 2 is 2.04 bits per heavy atom. The van der Waals surface area contributed by atoms with Crippen molar-refractivity contribution in [3.8, 4) is 6.07 Å². The summed E-state index contributed by atoms with van der Waals surface area (Å²) in [6.45, 7) is 0. The van der Waals surface area contributed by atoms with Crippen molar-refractivity contribution in [2.75, 3.05) is 5.32 Å². The van der Waals surface area contributed by atoms with E-state index in [1.165, 1.54) is 24.5 Å². The van der Waals surface area contributed by atoms with E-state index >= 15 is 0 Å². The zero-order valence-corrected chi connectivity index (χ0v) is 12.7. The van der Waals surface area contributed by atoms with Gasteiger partial charge in [-0.15, -0.1) is 0 Å². The molecule has 0 radical (unpaired) electrons. The predicted molar refractivity (Wildman–Crippen MR) is 92.5 cm³/mol. The molecule has 4 rings (SSSR count). The van der Waals surface area contributed by atoms with Crippen LogP contribution in [0.2, 0.25) is 0 Å². The normalized spacial score (nSPS) is 10.7. The van der Waals surface area contributed by atoms with E-state index in [-0.39, 0.29) is 11.3 Å². The van der Waals surface area contributed by atoms with E-state index in [1.54, 1.807) is 0 Å². The summed E-state index contributed by atoms with van der Waals surface area (Å²) in [4.78, 5) is 22.1. The van der Waals surface area contributed by atoms with Crippen molar-refractivity contribution in [2.45, 2.75) is 0 Å². The van der Waals surface area contributed by atoms with Crippen molar-refractivity contribution < 1.29 is 4.92 Å². The number of nitrogens with one attached hydrogen (secondary N) is 2. The number of benzene rings is 2. The molecular weight excluding hydrogens is 320 g/mol. The van der Waals surface area contributed by atoms with Crippen molar-refractivity contribution in [3.63, 3.8) is 0 Å². The minimum atomic E-state index is -0.537. The number of aromatic amines is 1. The van der Waals surface area contributed by atoms with E-state index in [2.05, 4.69) is 20.3 Å². The van der Waals surface area contributed by atoms with Crippen LogP contribution < -0.4 is 5.32 Å². The van der Waals surface area contributed by atoms with E-state index < -0.39 is 4.92 Å². The molecule has 2 heterocycles. The van der Waals surface area contributed by atoms with Crippen LogP contribution in [0.3, 0.4) is 0 Å². The van der Waals surface area contributed by atoms with Gasteiger partial charge in [0, 0.05) is 23.0 Å². The SMILES string of the molecule is N#Cc1cc([N+](=O)[O-])ccc1Nc1ncnc2c1[nH]c1ccccc12. The molecule has 0 bridgehead atoms. The molecule has 8 nitrogen and oxygen atoms in total. The quantitative estimate of drug-likeness (QED) is 0.437. The fraction of sp³-hybridized carbons (Fsp3) is 0. The number of nitro groups is 1. The number of nitrogens with zero attached hydrogens (tertiary/aromatic N) is 4. The summed E-state index contributed by atoms with van der Waals surface area (Å²) >= 11 is 0. The molecule has 2 aromatic heterocycles. The number of aromatic nitrogens is 3. The minimum Gasteiger partial charge on any atom is -0.350 e. The highest BCUT2D eigenvalue weighted by atomic mass is 16.6. The maximum Gasteiger partial charge on any atom is 0.270 e. The summed E-state index contributed by atoms with van der Waals surface area (Å²) in [6.07, 6.45) is 1.43. The fourth-order valence-electron chi connectivity index (χ4n) is 2.71. The van der Waals surface area contributed by atoms with Crippen molar-refractivity contribution in [1.82, 2.24) is 15.0 Å². The molecule has 0 unspecified atom stereocenters. The fourth-order valence-corrected chi connectivity index (χ4v) is 2.71. The van der Waals surface area contributed by atoms with Crippen LogP contribution in [0.15, 0.2) is 48.8 Å². The Morgan fingerprint density at radius 1 is 1.20 bits per heavy atom. The minimum absolute atomic E-state index is 0.138. The maximum atomic E-state index is 10.9. The lowest BCUT2D eigenvalue weighted by atomic mass is 10.1. The van der Waals surface area contributed by atoms with Crippen LogP contribution in [0.1, 0.15) is 5.56 Å². The molecule has 4 aromatic rings. The van der Waals surface area contributed by atoms with Crippen LogP contribution in [0.25, 0.3) is 21.9 Å². The summed E-state index contributed by atoms with van der Waals surface area (Å²) in [5, 5.41) is 24.2. The third-order valence-electron chi connectivity index (χ3n) is 3.88. The summed E-state index contributed by atoms with van der Waals surface area (Å²) in [7, 11) is 0. The molecule has 0 spiro atoms. The Labute approximate surface area is 140 Å². The molecule has 25 heavy (non-hydrogen) atoms. The number of H-pyrrole nitrogens is 1. The van der Waals surface area contributed by atoms with Crippen molar-refractivity contribution in [2.24, 2.45) is 0 Å². The largest absolute Gasteiger partial charge is 0.350 e. The second-order valence-electron chi connectivity index (χ2n) is 5.34. The molecule has 0 aliphatic rings. The summed E-state index contributed by atoms with van der Waals surface area (Å²) in [6, 6.07) is 13.8. The average Bonchev–Trinajstić information content (AvgIpc) is 3.01. The third-order valence-corrected chi connectivity index (χ3v) is 3.88. The highest BCUT2D eigenvalue weighted by molar-refractivity contribution is 6.08. The van der Waals surface area contributed by atoms with Crippen LogP contribution in [0.4, 0.5) is 17.2 Å². The number of anilines is 2. The summed E-state index contributed by atoms with van der Waals surface area (Å²) in [5.41, 5.74) is 2.84. The predicted octanol–water partition coefficient (Wildman–Crippen LogP) is 3.63. The van der Waals surface area contributed by atoms with Gasteiger partial charge in [-0.25, -0.2) is 9.97 Å². The number of non-ortho nitro benzene ring substituents is 1. The molecule has 0 atom stereocenters. The number of nitro benzene ring substituents is 1. The van der Waals surface area contributed by atoms with E-state index in [9.17, 15) is 15.4 Å². The Morgan fingerprint density at radius 3 is 2.84 bits per heavy atom. The Hall–Kier alpha value is -3.99. The molecule has 0 saturated heterocycles. The summed E-state index contributed by atoms with van der Waals surface area (Å²) in [5.74, 6) is 0.492. The first-order valence-corrected chi connectivity index (χ1v) is 7.34. The van der Waals surface area contributed by atoms with Gasteiger partial charge in [-0.1, -0.05) is 18.2 Å². The van der Waals surface area contributed by atoms with Gasteiger partial charge in [0.15, 0.2) is 5.82 Å². The first-order chi connectivity index (χ1) is 12.2. The molecule has 2 N–H and O–H groups in total. The molecule has 0 amide bonds. The zero-order chi connectivity index (χ0) is 17.4. The molecule has 2 aromatic carbocycles. The highest BCUT2D eigenvalue weighted by Gasteiger charge is 2.14. The van der Waals surface area contributed by atoms with Crippen molar-refractivity contribution in [1.29, 1.82) is 5.26 Å². The number of hydrogen-bond acceptors (Lipinski definition) is 6. The first kappa shape index (κ1) is 14.6. The smallest absolute Gasteiger partial charge is 0.270 e. The van der Waals surface area contributed by atoms with Gasteiger partial charge in [-0.2, -0.15) is 5.26 Å². The Balaban J connectivity index is 1.84. The second kappa shape index (κ2) is 5.58. The zero-order valence-electron chi connectivity index (χ0n) is 12.7. The Kier molecular flexibility index (Phi) is 3.26. The average molecular weight is 330 g/mol. The van der Waals surface area contributed by atoms with Crippen LogP contribution in [0, 0.1) is 21.4 Å². The molecular formula is C17H10N6O2. The van der Waals surface area contributed by atoms with Gasteiger partial charge in [-0.05, 0) is 12.1 Å². The topological polar surface area (TPSA) is 121 Å². The van der Waals surface area contributed by atoms with Crippen LogP contribution >= 0.6 is 0 Å². The monoisotopic (exact) mass is 330 g/mol. The van der Waals surface area contributed by atoms with Crippen LogP contribution in [-0.4, -0.2) is 19.9 Å².